The summed E-state index contributed by atoms with van der Waals surface area (Å²) in [6.07, 6.45) is -0.0314. The Kier molecular flexibility index (Phi) is 4.90. The summed E-state index contributed by atoms with van der Waals surface area (Å²) in [5, 5.41) is 11.6. The molecule has 0 heterocycles. The van der Waals surface area contributed by atoms with E-state index in [0.29, 0.717) is 6.54 Å². The van der Waals surface area contributed by atoms with Crippen LogP contribution in [0.15, 0.2) is 28.7 Å². The highest BCUT2D eigenvalue weighted by atomic mass is 79.9. The van der Waals surface area contributed by atoms with Crippen molar-refractivity contribution in [3.05, 3.63) is 34.3 Å². The molecule has 0 aromatic heterocycles. The standard InChI is InChI=1S/C13H16BrNO3/c1-13(2,12(17)18)7-11(16)15-8-9-4-3-5-10(14)6-9/h3-6H,7-8H2,1-2H3,(H,15,16)(H,17,18). The van der Waals surface area contributed by atoms with Gasteiger partial charge in [0.05, 0.1) is 5.41 Å². The van der Waals surface area contributed by atoms with E-state index in [9.17, 15) is 9.59 Å². The lowest BCUT2D eigenvalue weighted by Gasteiger charge is -2.18. The molecule has 18 heavy (non-hydrogen) atoms. The van der Waals surface area contributed by atoms with E-state index in [4.69, 9.17) is 5.11 Å². The number of hydrogen-bond donors (Lipinski definition) is 2. The van der Waals surface area contributed by atoms with Gasteiger partial charge in [-0.1, -0.05) is 28.1 Å². The maximum atomic E-state index is 11.6. The summed E-state index contributed by atoms with van der Waals surface area (Å²) in [6, 6.07) is 7.58. The SMILES string of the molecule is CC(C)(CC(=O)NCc1cccc(Br)c1)C(=O)O. The second-order valence-electron chi connectivity index (χ2n) is 4.77. The maximum absolute atomic E-state index is 11.6. The first-order valence-electron chi connectivity index (χ1n) is 5.56. The highest BCUT2D eigenvalue weighted by Gasteiger charge is 2.29. The molecule has 1 amide bonds. The van der Waals surface area contributed by atoms with Crippen molar-refractivity contribution in [1.82, 2.24) is 5.32 Å². The number of rotatable bonds is 5. The summed E-state index contributed by atoms with van der Waals surface area (Å²) in [4.78, 5) is 22.5. The summed E-state index contributed by atoms with van der Waals surface area (Å²) < 4.78 is 0.945. The van der Waals surface area contributed by atoms with Gasteiger partial charge in [0, 0.05) is 17.4 Å². The molecule has 0 radical (unpaired) electrons. The fourth-order valence-corrected chi connectivity index (χ4v) is 1.83. The molecular weight excluding hydrogens is 298 g/mol. The van der Waals surface area contributed by atoms with Crippen LogP contribution in [0.2, 0.25) is 0 Å². The second kappa shape index (κ2) is 6.00. The number of aliphatic carboxylic acids is 1. The van der Waals surface area contributed by atoms with Crippen LogP contribution in [0.3, 0.4) is 0 Å². The summed E-state index contributed by atoms with van der Waals surface area (Å²) >= 11 is 3.35. The number of hydrogen-bond acceptors (Lipinski definition) is 2. The lowest BCUT2D eigenvalue weighted by Crippen LogP contribution is -2.33. The molecule has 0 saturated heterocycles. The Morgan fingerprint density at radius 2 is 2.06 bits per heavy atom. The first-order valence-corrected chi connectivity index (χ1v) is 6.35. The first kappa shape index (κ1) is 14.7. The third-order valence-electron chi connectivity index (χ3n) is 2.56. The first-order chi connectivity index (χ1) is 8.31. The van der Waals surface area contributed by atoms with Crippen LogP contribution in [0.4, 0.5) is 0 Å². The molecule has 0 unspecified atom stereocenters. The Morgan fingerprint density at radius 3 is 2.61 bits per heavy atom. The number of halogens is 1. The van der Waals surface area contributed by atoms with Crippen LogP contribution in [0, 0.1) is 5.41 Å². The van der Waals surface area contributed by atoms with Gasteiger partial charge in [-0.2, -0.15) is 0 Å². The molecule has 0 bridgehead atoms. The minimum absolute atomic E-state index is 0.0314. The van der Waals surface area contributed by atoms with E-state index >= 15 is 0 Å². The summed E-state index contributed by atoms with van der Waals surface area (Å²) in [6.45, 7) is 3.47. The van der Waals surface area contributed by atoms with Gasteiger partial charge < -0.3 is 10.4 Å². The number of carbonyl (C=O) groups excluding carboxylic acids is 1. The van der Waals surface area contributed by atoms with Gasteiger partial charge in [-0.25, -0.2) is 0 Å². The van der Waals surface area contributed by atoms with Crippen molar-refractivity contribution in [2.75, 3.05) is 0 Å². The fourth-order valence-electron chi connectivity index (χ4n) is 1.39. The van der Waals surface area contributed by atoms with Gasteiger partial charge in [0.1, 0.15) is 0 Å². The third-order valence-corrected chi connectivity index (χ3v) is 3.05. The van der Waals surface area contributed by atoms with Crippen molar-refractivity contribution in [3.63, 3.8) is 0 Å². The molecule has 5 heteroatoms. The van der Waals surface area contributed by atoms with E-state index in [2.05, 4.69) is 21.2 Å². The van der Waals surface area contributed by atoms with Crippen molar-refractivity contribution >= 4 is 27.8 Å². The lowest BCUT2D eigenvalue weighted by molar-refractivity contribution is -0.149. The fraction of sp³-hybridized carbons (Fsp3) is 0.385. The van der Waals surface area contributed by atoms with E-state index < -0.39 is 11.4 Å². The Morgan fingerprint density at radius 1 is 1.39 bits per heavy atom. The van der Waals surface area contributed by atoms with E-state index in [1.54, 1.807) is 0 Å². The molecule has 1 aromatic carbocycles. The number of carbonyl (C=O) groups is 2. The van der Waals surface area contributed by atoms with Gasteiger partial charge in [0.2, 0.25) is 5.91 Å². The molecule has 1 rings (SSSR count). The number of benzene rings is 1. The largest absolute Gasteiger partial charge is 0.481 e. The molecule has 0 saturated carbocycles. The van der Waals surface area contributed by atoms with E-state index in [0.717, 1.165) is 10.0 Å². The molecule has 0 aliphatic heterocycles. The number of carboxylic acids is 1. The molecule has 0 spiro atoms. The molecule has 0 aliphatic carbocycles. The maximum Gasteiger partial charge on any atom is 0.309 e. The third kappa shape index (κ3) is 4.49. The van der Waals surface area contributed by atoms with Crippen LogP contribution in [-0.2, 0) is 16.1 Å². The summed E-state index contributed by atoms with van der Waals surface area (Å²) in [5.74, 6) is -1.23. The molecule has 0 atom stereocenters. The molecule has 0 fully saturated rings. The van der Waals surface area contributed by atoms with Gasteiger partial charge in [0.25, 0.3) is 0 Å². The molecule has 4 nitrogen and oxygen atoms in total. The molecular formula is C13H16BrNO3. The van der Waals surface area contributed by atoms with Gasteiger partial charge in [0.15, 0.2) is 0 Å². The average molecular weight is 314 g/mol. The van der Waals surface area contributed by atoms with Gasteiger partial charge in [-0.15, -0.1) is 0 Å². The zero-order valence-electron chi connectivity index (χ0n) is 10.4. The van der Waals surface area contributed by atoms with Crippen LogP contribution in [-0.4, -0.2) is 17.0 Å². The zero-order chi connectivity index (χ0) is 13.8. The Bertz CT molecular complexity index is 457. The van der Waals surface area contributed by atoms with Crippen LogP contribution in [0.25, 0.3) is 0 Å². The van der Waals surface area contributed by atoms with Crippen molar-refractivity contribution in [2.45, 2.75) is 26.8 Å². The lowest BCUT2D eigenvalue weighted by atomic mass is 9.89. The average Bonchev–Trinajstić information content (AvgIpc) is 2.25. The Labute approximate surface area is 115 Å². The monoisotopic (exact) mass is 313 g/mol. The van der Waals surface area contributed by atoms with Crippen molar-refractivity contribution in [2.24, 2.45) is 5.41 Å². The van der Waals surface area contributed by atoms with Crippen LogP contribution in [0.1, 0.15) is 25.8 Å². The highest BCUT2D eigenvalue weighted by Crippen LogP contribution is 2.20. The van der Waals surface area contributed by atoms with Crippen LogP contribution in [0.5, 0.6) is 0 Å². The molecule has 98 valence electrons. The van der Waals surface area contributed by atoms with Gasteiger partial charge >= 0.3 is 5.97 Å². The number of carboxylic acid groups (broad SMARTS) is 1. The van der Waals surface area contributed by atoms with Gasteiger partial charge in [-0.3, -0.25) is 9.59 Å². The summed E-state index contributed by atoms with van der Waals surface area (Å²) in [5.41, 5.74) is -0.0766. The van der Waals surface area contributed by atoms with Crippen LogP contribution >= 0.6 is 15.9 Å². The smallest absolute Gasteiger partial charge is 0.309 e. The van der Waals surface area contributed by atoms with Crippen LogP contribution < -0.4 is 5.32 Å². The van der Waals surface area contributed by atoms with E-state index in [1.807, 2.05) is 24.3 Å². The molecule has 1 aromatic rings. The topological polar surface area (TPSA) is 66.4 Å². The predicted octanol–water partition coefficient (Wildman–Crippen LogP) is 2.57. The Balaban J connectivity index is 2.50. The predicted molar refractivity (Wildman–Crippen MR) is 72.0 cm³/mol. The van der Waals surface area contributed by atoms with E-state index in [1.165, 1.54) is 13.8 Å². The van der Waals surface area contributed by atoms with Crippen molar-refractivity contribution in [1.29, 1.82) is 0 Å². The quantitative estimate of drug-likeness (QED) is 0.878. The molecule has 0 aliphatic rings. The number of amides is 1. The second-order valence-corrected chi connectivity index (χ2v) is 5.69. The number of nitrogens with one attached hydrogen (secondary N) is 1. The minimum Gasteiger partial charge on any atom is -0.481 e. The Hall–Kier alpha value is -1.36. The van der Waals surface area contributed by atoms with Crippen molar-refractivity contribution < 1.29 is 14.7 Å². The molecule has 2 N–H and O–H groups in total. The normalized spacial score (nSPS) is 11.1. The highest BCUT2D eigenvalue weighted by molar-refractivity contribution is 9.10. The van der Waals surface area contributed by atoms with E-state index in [-0.39, 0.29) is 12.3 Å². The minimum atomic E-state index is -1.04. The summed E-state index contributed by atoms with van der Waals surface area (Å²) in [7, 11) is 0. The van der Waals surface area contributed by atoms with Crippen molar-refractivity contribution in [3.8, 4) is 0 Å². The zero-order valence-corrected chi connectivity index (χ0v) is 12.0. The van der Waals surface area contributed by atoms with Gasteiger partial charge in [-0.05, 0) is 31.5 Å².